The molecule has 0 atom stereocenters. The first-order valence-electron chi connectivity index (χ1n) is 9.88. The Morgan fingerprint density at radius 1 is 0.696 bits per heavy atom. The molecule has 3 nitrogen and oxygen atoms in total. The SMILES string of the molecule is CCCC(CCC)COC(CCC=O)OCC(CCC)CCC. The summed E-state index contributed by atoms with van der Waals surface area (Å²) in [6.07, 6.45) is 11.6. The van der Waals surface area contributed by atoms with Gasteiger partial charge in [0.1, 0.15) is 6.29 Å². The molecule has 0 aliphatic rings. The Hall–Kier alpha value is -0.410. The molecule has 0 rings (SSSR count). The molecule has 0 aliphatic heterocycles. The molecular formula is C20H40O3. The zero-order valence-electron chi connectivity index (χ0n) is 16.0. The van der Waals surface area contributed by atoms with Crippen molar-refractivity contribution in [3.63, 3.8) is 0 Å². The van der Waals surface area contributed by atoms with Crippen molar-refractivity contribution < 1.29 is 14.3 Å². The van der Waals surface area contributed by atoms with Gasteiger partial charge in [0.25, 0.3) is 0 Å². The summed E-state index contributed by atoms with van der Waals surface area (Å²) in [6, 6.07) is 0. The van der Waals surface area contributed by atoms with Gasteiger partial charge in [0.2, 0.25) is 0 Å². The highest BCUT2D eigenvalue weighted by molar-refractivity contribution is 5.49. The quantitative estimate of drug-likeness (QED) is 0.252. The van der Waals surface area contributed by atoms with E-state index in [0.29, 0.717) is 24.7 Å². The van der Waals surface area contributed by atoms with Crippen molar-refractivity contribution in [2.75, 3.05) is 13.2 Å². The maximum Gasteiger partial charge on any atom is 0.158 e. The maximum absolute atomic E-state index is 10.7. The van der Waals surface area contributed by atoms with Gasteiger partial charge >= 0.3 is 0 Å². The molecule has 0 saturated carbocycles. The van der Waals surface area contributed by atoms with Crippen LogP contribution in [0.4, 0.5) is 0 Å². The van der Waals surface area contributed by atoms with E-state index in [0.717, 1.165) is 19.5 Å². The first kappa shape index (κ1) is 22.6. The molecule has 23 heavy (non-hydrogen) atoms. The van der Waals surface area contributed by atoms with E-state index in [4.69, 9.17) is 9.47 Å². The third-order valence-electron chi connectivity index (χ3n) is 4.34. The number of hydrogen-bond acceptors (Lipinski definition) is 3. The smallest absolute Gasteiger partial charge is 0.158 e. The molecule has 0 radical (unpaired) electrons. The lowest BCUT2D eigenvalue weighted by Gasteiger charge is -2.24. The van der Waals surface area contributed by atoms with Crippen LogP contribution in [0.2, 0.25) is 0 Å². The van der Waals surface area contributed by atoms with Crippen LogP contribution in [0, 0.1) is 11.8 Å². The van der Waals surface area contributed by atoms with Gasteiger partial charge in [-0.05, 0) is 37.5 Å². The zero-order chi connectivity index (χ0) is 17.3. The average molecular weight is 329 g/mol. The zero-order valence-corrected chi connectivity index (χ0v) is 16.0. The predicted molar refractivity (Wildman–Crippen MR) is 97.6 cm³/mol. The lowest BCUT2D eigenvalue weighted by Crippen LogP contribution is -2.24. The summed E-state index contributed by atoms with van der Waals surface area (Å²) in [5.74, 6) is 1.24. The van der Waals surface area contributed by atoms with Crippen molar-refractivity contribution in [1.82, 2.24) is 0 Å². The molecule has 138 valence electrons. The van der Waals surface area contributed by atoms with E-state index >= 15 is 0 Å². The van der Waals surface area contributed by atoms with Gasteiger partial charge in [0, 0.05) is 12.8 Å². The van der Waals surface area contributed by atoms with Gasteiger partial charge in [-0.3, -0.25) is 0 Å². The van der Waals surface area contributed by atoms with E-state index in [-0.39, 0.29) is 6.29 Å². The summed E-state index contributed by atoms with van der Waals surface area (Å²) in [5, 5.41) is 0. The van der Waals surface area contributed by atoms with Crippen LogP contribution in [0.25, 0.3) is 0 Å². The highest BCUT2D eigenvalue weighted by atomic mass is 16.7. The molecule has 0 fully saturated rings. The van der Waals surface area contributed by atoms with Gasteiger partial charge in [0.05, 0.1) is 13.2 Å². The fourth-order valence-corrected chi connectivity index (χ4v) is 3.16. The van der Waals surface area contributed by atoms with Crippen LogP contribution in [0.3, 0.4) is 0 Å². The molecule has 0 aromatic carbocycles. The average Bonchev–Trinajstić information content (AvgIpc) is 2.54. The minimum Gasteiger partial charge on any atom is -0.352 e. The minimum absolute atomic E-state index is 0.215. The van der Waals surface area contributed by atoms with E-state index in [1.807, 2.05) is 0 Å². The molecule has 0 saturated heterocycles. The Balaban J connectivity index is 4.33. The standard InChI is InChI=1S/C20H40O3/c1-5-10-18(11-6-2)16-22-20(14-9-15-21)23-17-19(12-7-3)13-8-4/h15,18-20H,5-14,16-17H2,1-4H3. The minimum atomic E-state index is -0.215. The predicted octanol–water partition coefficient (Wildman–Crippen LogP) is 5.76. The van der Waals surface area contributed by atoms with Gasteiger partial charge in [-0.25, -0.2) is 0 Å². The summed E-state index contributed by atoms with van der Waals surface area (Å²) >= 11 is 0. The largest absolute Gasteiger partial charge is 0.352 e. The second-order valence-corrected chi connectivity index (χ2v) is 6.73. The lowest BCUT2D eigenvalue weighted by atomic mass is 9.99. The van der Waals surface area contributed by atoms with Gasteiger partial charge in [0.15, 0.2) is 6.29 Å². The van der Waals surface area contributed by atoms with Crippen molar-refractivity contribution in [1.29, 1.82) is 0 Å². The van der Waals surface area contributed by atoms with Crippen molar-refractivity contribution >= 4 is 6.29 Å². The van der Waals surface area contributed by atoms with Crippen LogP contribution in [0.15, 0.2) is 0 Å². The highest BCUT2D eigenvalue weighted by Gasteiger charge is 2.16. The number of carbonyl (C=O) groups is 1. The molecule has 0 aliphatic carbocycles. The number of hydrogen-bond donors (Lipinski definition) is 0. The fraction of sp³-hybridized carbons (Fsp3) is 0.950. The molecule has 0 unspecified atom stereocenters. The highest BCUT2D eigenvalue weighted by Crippen LogP contribution is 2.19. The Kier molecular flexibility index (Phi) is 16.2. The summed E-state index contributed by atoms with van der Waals surface area (Å²) in [6.45, 7) is 10.4. The number of aldehydes is 1. The van der Waals surface area contributed by atoms with Crippen molar-refractivity contribution in [3.8, 4) is 0 Å². The summed E-state index contributed by atoms with van der Waals surface area (Å²) in [5.41, 5.74) is 0. The van der Waals surface area contributed by atoms with E-state index in [1.54, 1.807) is 0 Å². The third-order valence-corrected chi connectivity index (χ3v) is 4.34. The first-order chi connectivity index (χ1) is 11.2. The summed E-state index contributed by atoms with van der Waals surface area (Å²) in [7, 11) is 0. The molecule has 0 amide bonds. The van der Waals surface area contributed by atoms with Crippen molar-refractivity contribution in [2.45, 2.75) is 98.2 Å². The molecular weight excluding hydrogens is 288 g/mol. The van der Waals surface area contributed by atoms with Crippen molar-refractivity contribution in [3.05, 3.63) is 0 Å². The maximum atomic E-state index is 10.7. The third kappa shape index (κ3) is 12.7. The molecule has 3 heteroatoms. The number of carbonyl (C=O) groups excluding carboxylic acids is 1. The van der Waals surface area contributed by atoms with Gasteiger partial charge in [-0.2, -0.15) is 0 Å². The monoisotopic (exact) mass is 328 g/mol. The van der Waals surface area contributed by atoms with E-state index in [9.17, 15) is 4.79 Å². The molecule has 0 bridgehead atoms. The second-order valence-electron chi connectivity index (χ2n) is 6.73. The summed E-state index contributed by atoms with van der Waals surface area (Å²) in [4.78, 5) is 10.7. The van der Waals surface area contributed by atoms with Crippen LogP contribution < -0.4 is 0 Å². The van der Waals surface area contributed by atoms with Crippen molar-refractivity contribution in [2.24, 2.45) is 11.8 Å². The topological polar surface area (TPSA) is 35.5 Å². The van der Waals surface area contributed by atoms with E-state index in [2.05, 4.69) is 27.7 Å². The van der Waals surface area contributed by atoms with Crippen LogP contribution in [0.1, 0.15) is 91.9 Å². The lowest BCUT2D eigenvalue weighted by molar-refractivity contribution is -0.163. The van der Waals surface area contributed by atoms with Gasteiger partial charge < -0.3 is 14.3 Å². The fourth-order valence-electron chi connectivity index (χ4n) is 3.16. The molecule has 0 heterocycles. The molecule has 0 N–H and O–H groups in total. The van der Waals surface area contributed by atoms with E-state index < -0.39 is 0 Å². The number of rotatable bonds is 17. The van der Waals surface area contributed by atoms with Gasteiger partial charge in [-0.15, -0.1) is 0 Å². The first-order valence-corrected chi connectivity index (χ1v) is 9.88. The van der Waals surface area contributed by atoms with Crippen LogP contribution >= 0.6 is 0 Å². The van der Waals surface area contributed by atoms with Crippen LogP contribution in [0.5, 0.6) is 0 Å². The Labute approximate surface area is 144 Å². The van der Waals surface area contributed by atoms with Crippen LogP contribution in [-0.4, -0.2) is 25.8 Å². The summed E-state index contributed by atoms with van der Waals surface area (Å²) < 4.78 is 12.1. The Morgan fingerprint density at radius 2 is 1.09 bits per heavy atom. The normalized spacial score (nSPS) is 11.8. The Morgan fingerprint density at radius 3 is 1.39 bits per heavy atom. The van der Waals surface area contributed by atoms with E-state index in [1.165, 1.54) is 51.4 Å². The van der Waals surface area contributed by atoms with Crippen LogP contribution in [-0.2, 0) is 14.3 Å². The second kappa shape index (κ2) is 16.4. The van der Waals surface area contributed by atoms with Gasteiger partial charge in [-0.1, -0.05) is 53.4 Å². The molecule has 0 aromatic heterocycles. The molecule has 0 spiro atoms. The molecule has 0 aromatic rings. The number of ether oxygens (including phenoxy) is 2. The Bertz CT molecular complexity index is 223.